The largest absolute Gasteiger partial charge is 0.393 e. The minimum Gasteiger partial charge on any atom is -0.393 e. The maximum atomic E-state index is 14.1. The summed E-state index contributed by atoms with van der Waals surface area (Å²) >= 11 is 0. The van der Waals surface area contributed by atoms with E-state index in [0.29, 0.717) is 18.5 Å². The van der Waals surface area contributed by atoms with E-state index in [9.17, 15) is 9.50 Å². The van der Waals surface area contributed by atoms with Crippen molar-refractivity contribution in [2.24, 2.45) is 10.8 Å². The number of nitrogens with zero attached hydrogens (tertiary/aromatic N) is 2. The molecule has 0 saturated heterocycles. The van der Waals surface area contributed by atoms with Crippen LogP contribution >= 0.6 is 0 Å². The average molecular weight is 318 g/mol. The molecular weight excluding hydrogens is 299 g/mol. The summed E-state index contributed by atoms with van der Waals surface area (Å²) in [5.74, 6) is -0.912. The van der Waals surface area contributed by atoms with E-state index in [4.69, 9.17) is 16.4 Å². The maximum Gasteiger partial charge on any atom is 0.201 e. The molecule has 0 amide bonds. The zero-order chi connectivity index (χ0) is 16.8. The van der Waals surface area contributed by atoms with Crippen molar-refractivity contribution >= 4 is 22.9 Å². The van der Waals surface area contributed by atoms with Crippen molar-refractivity contribution in [2.45, 2.75) is 37.8 Å². The standard InChI is InChI=1S/C15H19FN6O/c16-11-2-1-3-12(21-22-13(8-17)15(18)19)14(11)20-9-4-6-10(23)7-5-9/h1-3,9-10,20-21,23H,4-7H2,(H3,18,19)/b22-13+. The number of nitriles is 1. The summed E-state index contributed by atoms with van der Waals surface area (Å²) in [4.78, 5) is 0. The molecule has 7 nitrogen and oxygen atoms in total. The Bertz CT molecular complexity index is 646. The molecule has 23 heavy (non-hydrogen) atoms. The Kier molecular flexibility index (Phi) is 5.49. The van der Waals surface area contributed by atoms with Crippen LogP contribution in [0.2, 0.25) is 0 Å². The number of hydrazone groups is 1. The van der Waals surface area contributed by atoms with Crippen LogP contribution < -0.4 is 16.5 Å². The second-order valence-electron chi connectivity index (χ2n) is 5.41. The topological polar surface area (TPSA) is 130 Å². The lowest BCUT2D eigenvalue weighted by Crippen LogP contribution is -2.29. The fraction of sp³-hybridized carbons (Fsp3) is 0.400. The van der Waals surface area contributed by atoms with Gasteiger partial charge in [-0.15, -0.1) is 0 Å². The van der Waals surface area contributed by atoms with E-state index < -0.39 is 11.7 Å². The molecule has 1 aliphatic carbocycles. The van der Waals surface area contributed by atoms with Crippen molar-refractivity contribution in [1.29, 1.82) is 10.7 Å². The average Bonchev–Trinajstić information content (AvgIpc) is 2.52. The Morgan fingerprint density at radius 1 is 1.39 bits per heavy atom. The third-order valence-corrected chi connectivity index (χ3v) is 3.71. The van der Waals surface area contributed by atoms with Crippen LogP contribution in [0.25, 0.3) is 0 Å². The molecular formula is C15H19FN6O. The fourth-order valence-electron chi connectivity index (χ4n) is 2.45. The Labute approximate surface area is 133 Å². The number of amidine groups is 1. The molecule has 0 aliphatic heterocycles. The predicted octanol–water partition coefficient (Wildman–Crippen LogP) is 1.77. The third kappa shape index (κ3) is 4.40. The lowest BCUT2D eigenvalue weighted by molar-refractivity contribution is 0.126. The number of aliphatic hydroxyl groups is 1. The van der Waals surface area contributed by atoms with Crippen molar-refractivity contribution in [3.63, 3.8) is 0 Å². The first-order chi connectivity index (χ1) is 11.0. The van der Waals surface area contributed by atoms with E-state index in [1.54, 1.807) is 12.1 Å². The van der Waals surface area contributed by atoms with E-state index in [-0.39, 0.29) is 23.5 Å². The fourth-order valence-corrected chi connectivity index (χ4v) is 2.45. The lowest BCUT2D eigenvalue weighted by Gasteiger charge is -2.28. The molecule has 2 rings (SSSR count). The van der Waals surface area contributed by atoms with Crippen LogP contribution in [-0.2, 0) is 0 Å². The van der Waals surface area contributed by atoms with Gasteiger partial charge in [-0.1, -0.05) is 6.07 Å². The predicted molar refractivity (Wildman–Crippen MR) is 86.9 cm³/mol. The Morgan fingerprint density at radius 2 is 2.09 bits per heavy atom. The van der Waals surface area contributed by atoms with Crippen LogP contribution in [-0.4, -0.2) is 28.8 Å². The van der Waals surface area contributed by atoms with E-state index in [0.717, 1.165) is 12.8 Å². The molecule has 1 aliphatic rings. The molecule has 1 saturated carbocycles. The Balaban J connectivity index is 2.16. The lowest BCUT2D eigenvalue weighted by atomic mass is 9.93. The second-order valence-corrected chi connectivity index (χ2v) is 5.41. The molecule has 0 spiro atoms. The van der Waals surface area contributed by atoms with E-state index in [1.807, 2.05) is 0 Å². The second kappa shape index (κ2) is 7.56. The minimum atomic E-state index is -0.466. The molecule has 1 aromatic rings. The van der Waals surface area contributed by atoms with Gasteiger partial charge in [0.1, 0.15) is 11.9 Å². The normalized spacial score (nSPS) is 21.3. The van der Waals surface area contributed by atoms with Crippen molar-refractivity contribution in [2.75, 3.05) is 10.7 Å². The summed E-state index contributed by atoms with van der Waals surface area (Å²) in [6.07, 6.45) is 2.56. The van der Waals surface area contributed by atoms with E-state index in [1.165, 1.54) is 12.1 Å². The molecule has 0 unspecified atom stereocenters. The first kappa shape index (κ1) is 16.7. The molecule has 8 heteroatoms. The summed E-state index contributed by atoms with van der Waals surface area (Å²) in [7, 11) is 0. The van der Waals surface area contributed by atoms with Crippen LogP contribution in [0.5, 0.6) is 0 Å². The highest BCUT2D eigenvalue weighted by Gasteiger charge is 2.21. The first-order valence-corrected chi connectivity index (χ1v) is 7.32. The maximum absolute atomic E-state index is 14.1. The van der Waals surface area contributed by atoms with Gasteiger partial charge in [0, 0.05) is 6.04 Å². The van der Waals surface area contributed by atoms with Gasteiger partial charge in [-0.2, -0.15) is 10.4 Å². The summed E-state index contributed by atoms with van der Waals surface area (Å²) < 4.78 is 14.1. The molecule has 0 aromatic heterocycles. The Morgan fingerprint density at radius 3 is 2.70 bits per heavy atom. The highest BCUT2D eigenvalue weighted by Crippen LogP contribution is 2.29. The number of halogens is 1. The molecule has 6 N–H and O–H groups in total. The van der Waals surface area contributed by atoms with Gasteiger partial charge >= 0.3 is 0 Å². The number of anilines is 2. The smallest absolute Gasteiger partial charge is 0.201 e. The minimum absolute atomic E-state index is 0.0584. The highest BCUT2D eigenvalue weighted by atomic mass is 19.1. The van der Waals surface area contributed by atoms with Crippen LogP contribution in [0, 0.1) is 22.6 Å². The SMILES string of the molecule is N#C/C(=N\Nc1cccc(F)c1NC1CCC(O)CC1)C(=N)N. The number of para-hydroxylation sites is 1. The van der Waals surface area contributed by atoms with Crippen molar-refractivity contribution < 1.29 is 9.50 Å². The summed E-state index contributed by atoms with van der Waals surface area (Å²) in [5.41, 5.74) is 8.12. The Hall–Kier alpha value is -2.66. The summed E-state index contributed by atoms with van der Waals surface area (Å²) in [6, 6.07) is 6.20. The monoisotopic (exact) mass is 318 g/mol. The van der Waals surface area contributed by atoms with Gasteiger partial charge in [-0.25, -0.2) is 4.39 Å². The zero-order valence-corrected chi connectivity index (χ0v) is 12.5. The molecule has 0 radical (unpaired) electrons. The molecule has 0 heterocycles. The van der Waals surface area contributed by atoms with E-state index in [2.05, 4.69) is 15.8 Å². The summed E-state index contributed by atoms with van der Waals surface area (Å²) in [6.45, 7) is 0. The molecule has 1 fully saturated rings. The quantitative estimate of drug-likeness (QED) is 0.321. The molecule has 1 aromatic carbocycles. The number of nitrogens with one attached hydrogen (secondary N) is 3. The van der Waals surface area contributed by atoms with Crippen molar-refractivity contribution in [1.82, 2.24) is 0 Å². The molecule has 0 atom stereocenters. The molecule has 122 valence electrons. The number of benzene rings is 1. The summed E-state index contributed by atoms with van der Waals surface area (Å²) in [5, 5.41) is 32.4. The number of hydrogen-bond donors (Lipinski definition) is 5. The van der Waals surface area contributed by atoms with Gasteiger partial charge < -0.3 is 16.2 Å². The van der Waals surface area contributed by atoms with Crippen molar-refractivity contribution in [3.05, 3.63) is 24.0 Å². The third-order valence-electron chi connectivity index (χ3n) is 3.71. The van der Waals surface area contributed by atoms with Gasteiger partial charge in [0.2, 0.25) is 5.71 Å². The van der Waals surface area contributed by atoms with Crippen LogP contribution in [0.3, 0.4) is 0 Å². The van der Waals surface area contributed by atoms with Crippen LogP contribution in [0.1, 0.15) is 25.7 Å². The van der Waals surface area contributed by atoms with Gasteiger partial charge in [-0.3, -0.25) is 10.8 Å². The number of nitrogens with two attached hydrogens (primary N) is 1. The zero-order valence-electron chi connectivity index (χ0n) is 12.5. The van der Waals surface area contributed by atoms with Crippen LogP contribution in [0.15, 0.2) is 23.3 Å². The highest BCUT2D eigenvalue weighted by molar-refractivity contribution is 6.45. The number of aliphatic hydroxyl groups excluding tert-OH is 1. The number of hydrogen-bond acceptors (Lipinski definition) is 6. The number of rotatable bonds is 5. The molecule has 0 bridgehead atoms. The van der Waals surface area contributed by atoms with Crippen LogP contribution in [0.4, 0.5) is 15.8 Å². The first-order valence-electron chi connectivity index (χ1n) is 7.32. The van der Waals surface area contributed by atoms with Gasteiger partial charge in [0.25, 0.3) is 0 Å². The van der Waals surface area contributed by atoms with Gasteiger partial charge in [0.15, 0.2) is 5.84 Å². The van der Waals surface area contributed by atoms with Gasteiger partial charge in [-0.05, 0) is 37.8 Å². The van der Waals surface area contributed by atoms with Gasteiger partial charge in [0.05, 0.1) is 17.5 Å². The van der Waals surface area contributed by atoms with Crippen molar-refractivity contribution in [3.8, 4) is 6.07 Å². The van der Waals surface area contributed by atoms with E-state index >= 15 is 0 Å².